The number of carboxylic acids is 1. The zero-order chi connectivity index (χ0) is 12.6. The van der Waals surface area contributed by atoms with Crippen molar-refractivity contribution in [2.24, 2.45) is 0 Å². The van der Waals surface area contributed by atoms with Crippen molar-refractivity contribution < 1.29 is 9.90 Å². The standard InChI is InChI=1S/C11H10BrNO2S2/c1-5(2)10-13-7(11(14)15)9(17-10)8-6(12)3-4-16-8/h3-5H,1-2H3,(H,14,15). The highest BCUT2D eigenvalue weighted by Crippen LogP contribution is 2.40. The number of rotatable bonds is 3. The first kappa shape index (κ1) is 12.7. The number of aromatic nitrogens is 1. The number of hydrogen-bond donors (Lipinski definition) is 1. The molecule has 2 aromatic heterocycles. The molecule has 0 saturated heterocycles. The Kier molecular flexibility index (Phi) is 3.65. The molecule has 0 atom stereocenters. The second kappa shape index (κ2) is 4.88. The van der Waals surface area contributed by atoms with Gasteiger partial charge in [0.15, 0.2) is 5.69 Å². The SMILES string of the molecule is CC(C)c1nc(C(=O)O)c(-c2sccc2Br)s1. The third-order valence-electron chi connectivity index (χ3n) is 2.16. The molecule has 0 spiro atoms. The zero-order valence-electron chi connectivity index (χ0n) is 9.23. The second-order valence-corrected chi connectivity index (χ2v) is 6.59. The molecule has 0 bridgehead atoms. The largest absolute Gasteiger partial charge is 0.476 e. The fourth-order valence-electron chi connectivity index (χ4n) is 1.34. The van der Waals surface area contributed by atoms with Gasteiger partial charge in [-0.1, -0.05) is 13.8 Å². The van der Waals surface area contributed by atoms with Crippen molar-refractivity contribution in [1.82, 2.24) is 4.98 Å². The highest BCUT2D eigenvalue weighted by Gasteiger charge is 2.22. The molecule has 0 aliphatic carbocycles. The smallest absolute Gasteiger partial charge is 0.356 e. The van der Waals surface area contributed by atoms with E-state index < -0.39 is 5.97 Å². The van der Waals surface area contributed by atoms with E-state index in [1.54, 1.807) is 0 Å². The van der Waals surface area contributed by atoms with Crippen LogP contribution in [0.15, 0.2) is 15.9 Å². The fraction of sp³-hybridized carbons (Fsp3) is 0.273. The van der Waals surface area contributed by atoms with Crippen molar-refractivity contribution in [3.05, 3.63) is 26.6 Å². The summed E-state index contributed by atoms with van der Waals surface area (Å²) in [7, 11) is 0. The Labute approximate surface area is 115 Å². The van der Waals surface area contributed by atoms with Crippen LogP contribution in [0.4, 0.5) is 0 Å². The number of aromatic carboxylic acids is 1. The third kappa shape index (κ3) is 2.43. The summed E-state index contributed by atoms with van der Waals surface area (Å²) in [6.07, 6.45) is 0. The molecule has 2 aromatic rings. The molecule has 90 valence electrons. The molecule has 0 aromatic carbocycles. The summed E-state index contributed by atoms with van der Waals surface area (Å²) in [4.78, 5) is 17.1. The second-order valence-electron chi connectivity index (χ2n) is 3.79. The topological polar surface area (TPSA) is 50.2 Å². The molecule has 0 unspecified atom stereocenters. The van der Waals surface area contributed by atoms with Gasteiger partial charge in [-0.25, -0.2) is 9.78 Å². The fourth-order valence-corrected chi connectivity index (χ4v) is 4.26. The average Bonchev–Trinajstić information content (AvgIpc) is 2.82. The lowest BCUT2D eigenvalue weighted by Gasteiger charge is -1.95. The quantitative estimate of drug-likeness (QED) is 0.903. The van der Waals surface area contributed by atoms with E-state index in [9.17, 15) is 9.90 Å². The Balaban J connectivity index is 2.60. The highest BCUT2D eigenvalue weighted by atomic mass is 79.9. The van der Waals surface area contributed by atoms with Gasteiger partial charge in [0.05, 0.1) is 14.8 Å². The predicted molar refractivity (Wildman–Crippen MR) is 74.2 cm³/mol. The first-order valence-electron chi connectivity index (χ1n) is 4.98. The van der Waals surface area contributed by atoms with Crippen LogP contribution in [0, 0.1) is 0 Å². The van der Waals surface area contributed by atoms with E-state index in [4.69, 9.17) is 0 Å². The van der Waals surface area contributed by atoms with Gasteiger partial charge in [0.25, 0.3) is 0 Å². The Hall–Kier alpha value is -0.720. The maximum absolute atomic E-state index is 11.2. The maximum Gasteiger partial charge on any atom is 0.356 e. The van der Waals surface area contributed by atoms with Gasteiger partial charge in [-0.15, -0.1) is 22.7 Å². The summed E-state index contributed by atoms with van der Waals surface area (Å²) in [6, 6.07) is 1.92. The Morgan fingerprint density at radius 3 is 2.65 bits per heavy atom. The molecule has 0 saturated carbocycles. The van der Waals surface area contributed by atoms with E-state index in [2.05, 4.69) is 20.9 Å². The van der Waals surface area contributed by atoms with Crippen LogP contribution in [0.2, 0.25) is 0 Å². The molecule has 6 heteroatoms. The van der Waals surface area contributed by atoms with Crippen LogP contribution in [-0.4, -0.2) is 16.1 Å². The molecule has 2 heterocycles. The lowest BCUT2D eigenvalue weighted by molar-refractivity contribution is 0.0692. The van der Waals surface area contributed by atoms with Gasteiger partial charge in [0, 0.05) is 10.4 Å². The van der Waals surface area contributed by atoms with Gasteiger partial charge in [-0.3, -0.25) is 0 Å². The lowest BCUT2D eigenvalue weighted by atomic mass is 10.2. The van der Waals surface area contributed by atoms with Crippen LogP contribution in [0.25, 0.3) is 9.75 Å². The van der Waals surface area contributed by atoms with Crippen LogP contribution in [0.5, 0.6) is 0 Å². The van der Waals surface area contributed by atoms with Gasteiger partial charge < -0.3 is 5.11 Å². The number of halogens is 1. The Morgan fingerprint density at radius 1 is 1.47 bits per heavy atom. The predicted octanol–water partition coefficient (Wildman–Crippen LogP) is 4.46. The van der Waals surface area contributed by atoms with Gasteiger partial charge in [-0.05, 0) is 27.4 Å². The molecule has 0 radical (unpaired) electrons. The summed E-state index contributed by atoms with van der Waals surface area (Å²) in [5.41, 5.74) is 0.154. The Morgan fingerprint density at radius 2 is 2.18 bits per heavy atom. The minimum absolute atomic E-state index is 0.154. The summed E-state index contributed by atoms with van der Waals surface area (Å²) >= 11 is 6.40. The first-order valence-corrected chi connectivity index (χ1v) is 7.47. The van der Waals surface area contributed by atoms with E-state index in [1.807, 2.05) is 25.3 Å². The van der Waals surface area contributed by atoms with Crippen LogP contribution in [-0.2, 0) is 0 Å². The average molecular weight is 332 g/mol. The van der Waals surface area contributed by atoms with Crippen molar-refractivity contribution in [3.8, 4) is 9.75 Å². The molecule has 1 N–H and O–H groups in total. The van der Waals surface area contributed by atoms with E-state index in [0.29, 0.717) is 0 Å². The molecular formula is C11H10BrNO2S2. The summed E-state index contributed by atoms with van der Waals surface area (Å²) in [6.45, 7) is 4.02. The number of nitrogens with zero attached hydrogens (tertiary/aromatic N) is 1. The zero-order valence-corrected chi connectivity index (χ0v) is 12.4. The summed E-state index contributed by atoms with van der Waals surface area (Å²) < 4.78 is 0.920. The highest BCUT2D eigenvalue weighted by molar-refractivity contribution is 9.10. The maximum atomic E-state index is 11.2. The van der Waals surface area contributed by atoms with Crippen molar-refractivity contribution >= 4 is 44.6 Å². The molecule has 2 rings (SSSR count). The minimum Gasteiger partial charge on any atom is -0.476 e. The molecule has 0 amide bonds. The molecule has 17 heavy (non-hydrogen) atoms. The molecular weight excluding hydrogens is 322 g/mol. The third-order valence-corrected chi connectivity index (χ3v) is 5.52. The number of hydrogen-bond acceptors (Lipinski definition) is 4. The van der Waals surface area contributed by atoms with Gasteiger partial charge in [-0.2, -0.15) is 0 Å². The van der Waals surface area contributed by atoms with E-state index in [-0.39, 0.29) is 11.6 Å². The van der Waals surface area contributed by atoms with E-state index in [0.717, 1.165) is 19.2 Å². The number of carboxylic acid groups (broad SMARTS) is 1. The van der Waals surface area contributed by atoms with Crippen molar-refractivity contribution in [2.45, 2.75) is 19.8 Å². The van der Waals surface area contributed by atoms with E-state index >= 15 is 0 Å². The van der Waals surface area contributed by atoms with Crippen molar-refractivity contribution in [2.75, 3.05) is 0 Å². The lowest BCUT2D eigenvalue weighted by Crippen LogP contribution is -1.99. The van der Waals surface area contributed by atoms with Crippen LogP contribution < -0.4 is 0 Å². The van der Waals surface area contributed by atoms with Gasteiger partial charge in [0.2, 0.25) is 0 Å². The number of thiophene rings is 1. The molecule has 0 aliphatic rings. The molecule has 3 nitrogen and oxygen atoms in total. The minimum atomic E-state index is -0.969. The summed E-state index contributed by atoms with van der Waals surface area (Å²) in [5, 5.41) is 12.0. The normalized spacial score (nSPS) is 11.1. The van der Waals surface area contributed by atoms with Crippen LogP contribution in [0.3, 0.4) is 0 Å². The monoisotopic (exact) mass is 331 g/mol. The van der Waals surface area contributed by atoms with E-state index in [1.165, 1.54) is 22.7 Å². The van der Waals surface area contributed by atoms with Crippen molar-refractivity contribution in [1.29, 1.82) is 0 Å². The molecule has 0 aliphatic heterocycles. The summed E-state index contributed by atoms with van der Waals surface area (Å²) in [5.74, 6) is -0.728. The van der Waals surface area contributed by atoms with Gasteiger partial charge in [0.1, 0.15) is 0 Å². The van der Waals surface area contributed by atoms with Crippen molar-refractivity contribution in [3.63, 3.8) is 0 Å². The molecule has 0 fully saturated rings. The van der Waals surface area contributed by atoms with Crippen LogP contribution >= 0.6 is 38.6 Å². The number of thiazole rings is 1. The van der Waals surface area contributed by atoms with Crippen LogP contribution in [0.1, 0.15) is 35.3 Å². The van der Waals surface area contributed by atoms with Gasteiger partial charge >= 0.3 is 5.97 Å². The Bertz CT molecular complexity index is 560. The number of carbonyl (C=O) groups is 1. The first-order chi connectivity index (χ1) is 8.00.